The molecule has 0 saturated heterocycles. The van der Waals surface area contributed by atoms with E-state index in [2.05, 4.69) is 5.32 Å². The van der Waals surface area contributed by atoms with Gasteiger partial charge in [-0.25, -0.2) is 0 Å². The van der Waals surface area contributed by atoms with Crippen LogP contribution in [0.5, 0.6) is 0 Å². The molecule has 0 aromatic heterocycles. The normalized spacial score (nSPS) is 11.6. The molecule has 0 bridgehead atoms. The summed E-state index contributed by atoms with van der Waals surface area (Å²) in [6.45, 7) is 4.87. The average Bonchev–Trinajstić information content (AvgIpc) is 2.84. The lowest BCUT2D eigenvalue weighted by Gasteiger charge is -2.32. The van der Waals surface area contributed by atoms with Crippen molar-refractivity contribution in [3.05, 3.63) is 105 Å². The van der Waals surface area contributed by atoms with E-state index in [0.717, 1.165) is 23.1 Å². The first-order valence-electron chi connectivity index (χ1n) is 11.5. The Morgan fingerprint density at radius 2 is 1.53 bits per heavy atom. The SMILES string of the molecule is CCCNC(=O)C(Cc1ccccc1)N(Cc1ccc(C)cc1)C(=O)Cc1c(Cl)cccc1Cl. The number of carbonyl (C=O) groups excluding carboxylic acids is 2. The zero-order valence-electron chi connectivity index (χ0n) is 19.6. The Hall–Kier alpha value is -2.82. The van der Waals surface area contributed by atoms with Gasteiger partial charge in [0.05, 0.1) is 6.42 Å². The average molecular weight is 497 g/mol. The molecule has 1 atom stereocenters. The van der Waals surface area contributed by atoms with Crippen molar-refractivity contribution in [2.75, 3.05) is 6.54 Å². The molecule has 0 radical (unpaired) electrons. The predicted octanol–water partition coefficient (Wildman–Crippen LogP) is 6.01. The molecular formula is C28H30Cl2N2O2. The minimum absolute atomic E-state index is 0.0106. The zero-order valence-corrected chi connectivity index (χ0v) is 21.1. The van der Waals surface area contributed by atoms with Gasteiger partial charge in [-0.1, -0.05) is 96.4 Å². The van der Waals surface area contributed by atoms with Crippen molar-refractivity contribution >= 4 is 35.0 Å². The number of nitrogens with one attached hydrogen (secondary N) is 1. The van der Waals surface area contributed by atoms with Crippen LogP contribution in [-0.2, 0) is 29.0 Å². The molecule has 3 aromatic rings. The number of hydrogen-bond acceptors (Lipinski definition) is 2. The summed E-state index contributed by atoms with van der Waals surface area (Å²) in [5, 5.41) is 3.86. The van der Waals surface area contributed by atoms with E-state index in [1.807, 2.05) is 68.4 Å². The first-order valence-corrected chi connectivity index (χ1v) is 12.2. The molecule has 0 fully saturated rings. The van der Waals surface area contributed by atoms with Gasteiger partial charge in [0, 0.05) is 29.6 Å². The molecule has 2 amide bonds. The van der Waals surface area contributed by atoms with E-state index in [4.69, 9.17) is 23.2 Å². The Kier molecular flexibility index (Phi) is 9.55. The van der Waals surface area contributed by atoms with Crippen LogP contribution >= 0.6 is 23.2 Å². The number of rotatable bonds is 10. The third-order valence-corrected chi connectivity index (χ3v) is 6.39. The summed E-state index contributed by atoms with van der Waals surface area (Å²) in [6, 6.07) is 22.2. The lowest BCUT2D eigenvalue weighted by Crippen LogP contribution is -2.51. The molecule has 4 nitrogen and oxygen atoms in total. The van der Waals surface area contributed by atoms with Crippen LogP contribution in [0.1, 0.15) is 35.6 Å². The summed E-state index contributed by atoms with van der Waals surface area (Å²) < 4.78 is 0. The fourth-order valence-electron chi connectivity index (χ4n) is 3.76. The van der Waals surface area contributed by atoms with Gasteiger partial charge in [0.15, 0.2) is 0 Å². The van der Waals surface area contributed by atoms with Crippen molar-refractivity contribution < 1.29 is 9.59 Å². The molecule has 0 aliphatic heterocycles. The molecule has 34 heavy (non-hydrogen) atoms. The van der Waals surface area contributed by atoms with Crippen molar-refractivity contribution in [1.82, 2.24) is 10.2 Å². The standard InChI is InChI=1S/C28H30Cl2N2O2/c1-3-16-31-28(34)26(17-21-8-5-4-6-9-21)32(19-22-14-12-20(2)13-15-22)27(33)18-23-24(29)10-7-11-25(23)30/h4-15,26H,3,16-19H2,1-2H3,(H,31,34). The number of aryl methyl sites for hydroxylation is 1. The molecule has 3 aromatic carbocycles. The highest BCUT2D eigenvalue weighted by atomic mass is 35.5. The minimum atomic E-state index is -0.677. The molecule has 1 N–H and O–H groups in total. The summed E-state index contributed by atoms with van der Waals surface area (Å²) in [7, 11) is 0. The molecular weight excluding hydrogens is 467 g/mol. The molecule has 0 aliphatic carbocycles. The highest BCUT2D eigenvalue weighted by Gasteiger charge is 2.30. The molecule has 0 aliphatic rings. The summed E-state index contributed by atoms with van der Waals surface area (Å²) in [5.74, 6) is -0.375. The third kappa shape index (κ3) is 7.09. The monoisotopic (exact) mass is 496 g/mol. The van der Waals surface area contributed by atoms with Gasteiger partial charge in [0.25, 0.3) is 0 Å². The predicted molar refractivity (Wildman–Crippen MR) is 139 cm³/mol. The molecule has 0 spiro atoms. The number of amides is 2. The number of nitrogens with zero attached hydrogens (tertiary/aromatic N) is 1. The molecule has 0 saturated carbocycles. The van der Waals surface area contributed by atoms with Crippen LogP contribution < -0.4 is 5.32 Å². The lowest BCUT2D eigenvalue weighted by atomic mass is 10.0. The van der Waals surface area contributed by atoms with E-state index in [9.17, 15) is 9.59 Å². The number of carbonyl (C=O) groups is 2. The zero-order chi connectivity index (χ0) is 24.5. The van der Waals surface area contributed by atoms with Crippen molar-refractivity contribution in [3.8, 4) is 0 Å². The van der Waals surface area contributed by atoms with Gasteiger partial charge in [0.1, 0.15) is 6.04 Å². The fraction of sp³-hybridized carbons (Fsp3) is 0.286. The smallest absolute Gasteiger partial charge is 0.243 e. The quantitative estimate of drug-likeness (QED) is 0.373. The van der Waals surface area contributed by atoms with Crippen LogP contribution in [0.2, 0.25) is 10.0 Å². The van der Waals surface area contributed by atoms with E-state index in [0.29, 0.717) is 35.1 Å². The molecule has 0 heterocycles. The second kappa shape index (κ2) is 12.6. The molecule has 178 valence electrons. The number of halogens is 2. The van der Waals surface area contributed by atoms with Crippen molar-refractivity contribution in [3.63, 3.8) is 0 Å². The Balaban J connectivity index is 1.98. The van der Waals surface area contributed by atoms with E-state index in [1.165, 1.54) is 0 Å². The van der Waals surface area contributed by atoms with Gasteiger partial charge in [0.2, 0.25) is 11.8 Å². The number of hydrogen-bond donors (Lipinski definition) is 1. The van der Waals surface area contributed by atoms with Crippen LogP contribution in [0.15, 0.2) is 72.8 Å². The van der Waals surface area contributed by atoms with Gasteiger partial charge in [-0.3, -0.25) is 9.59 Å². The highest BCUT2D eigenvalue weighted by molar-refractivity contribution is 6.36. The lowest BCUT2D eigenvalue weighted by molar-refractivity contribution is -0.140. The topological polar surface area (TPSA) is 49.4 Å². The third-order valence-electron chi connectivity index (χ3n) is 5.68. The maximum absolute atomic E-state index is 13.7. The second-order valence-corrected chi connectivity index (χ2v) is 9.20. The van der Waals surface area contributed by atoms with Crippen LogP contribution in [0.4, 0.5) is 0 Å². The summed E-state index contributed by atoms with van der Waals surface area (Å²) in [5.41, 5.74) is 3.63. The highest BCUT2D eigenvalue weighted by Crippen LogP contribution is 2.26. The van der Waals surface area contributed by atoms with Crippen LogP contribution in [0.3, 0.4) is 0 Å². The molecule has 3 rings (SSSR count). The maximum atomic E-state index is 13.7. The van der Waals surface area contributed by atoms with Gasteiger partial charge >= 0.3 is 0 Å². The van der Waals surface area contributed by atoms with Crippen molar-refractivity contribution in [2.24, 2.45) is 0 Å². The summed E-state index contributed by atoms with van der Waals surface area (Å²) in [4.78, 5) is 28.7. The molecule has 1 unspecified atom stereocenters. The van der Waals surface area contributed by atoms with Gasteiger partial charge in [-0.15, -0.1) is 0 Å². The van der Waals surface area contributed by atoms with E-state index in [1.54, 1.807) is 23.1 Å². The van der Waals surface area contributed by atoms with Crippen LogP contribution in [-0.4, -0.2) is 29.3 Å². The Morgan fingerprint density at radius 3 is 2.15 bits per heavy atom. The van der Waals surface area contributed by atoms with E-state index >= 15 is 0 Å². The van der Waals surface area contributed by atoms with Crippen LogP contribution in [0.25, 0.3) is 0 Å². The van der Waals surface area contributed by atoms with Gasteiger partial charge in [-0.05, 0) is 42.2 Å². The first kappa shape index (κ1) is 25.8. The Bertz CT molecular complexity index is 1080. The fourth-order valence-corrected chi connectivity index (χ4v) is 4.30. The van der Waals surface area contributed by atoms with Gasteiger partial charge < -0.3 is 10.2 Å². The minimum Gasteiger partial charge on any atom is -0.354 e. The number of benzene rings is 3. The summed E-state index contributed by atoms with van der Waals surface area (Å²) >= 11 is 12.7. The second-order valence-electron chi connectivity index (χ2n) is 8.38. The Labute approximate surface area is 211 Å². The maximum Gasteiger partial charge on any atom is 0.243 e. The van der Waals surface area contributed by atoms with E-state index in [-0.39, 0.29) is 18.2 Å². The molecule has 6 heteroatoms. The summed E-state index contributed by atoms with van der Waals surface area (Å²) in [6.07, 6.45) is 1.23. The van der Waals surface area contributed by atoms with E-state index < -0.39 is 6.04 Å². The van der Waals surface area contributed by atoms with Gasteiger partial charge in [-0.2, -0.15) is 0 Å². The van der Waals surface area contributed by atoms with Crippen molar-refractivity contribution in [2.45, 2.75) is 45.7 Å². The van der Waals surface area contributed by atoms with Crippen molar-refractivity contribution in [1.29, 1.82) is 0 Å². The van der Waals surface area contributed by atoms with Crippen LogP contribution in [0, 0.1) is 6.92 Å². The first-order chi connectivity index (χ1) is 16.4. The Morgan fingerprint density at radius 1 is 0.882 bits per heavy atom. The largest absolute Gasteiger partial charge is 0.354 e.